The minimum atomic E-state index is -0.964. The van der Waals surface area contributed by atoms with Gasteiger partial charge in [-0.15, -0.1) is 5.10 Å². The van der Waals surface area contributed by atoms with Crippen LogP contribution in [-0.2, 0) is 0 Å². The highest BCUT2D eigenvalue weighted by Gasteiger charge is 2.12. The molecule has 9 heteroatoms. The number of rotatable bonds is 4. The second-order valence-electron chi connectivity index (χ2n) is 5.40. The van der Waals surface area contributed by atoms with Gasteiger partial charge in [-0.05, 0) is 24.3 Å². The molecule has 132 valence electrons. The van der Waals surface area contributed by atoms with Crippen LogP contribution in [0.3, 0.4) is 0 Å². The summed E-state index contributed by atoms with van der Waals surface area (Å²) in [5, 5.41) is 13.5. The van der Waals surface area contributed by atoms with E-state index < -0.39 is 11.6 Å². The summed E-state index contributed by atoms with van der Waals surface area (Å²) >= 11 is 0. The lowest BCUT2D eigenvalue weighted by molar-refractivity contribution is 0.171. The van der Waals surface area contributed by atoms with Gasteiger partial charge in [0.25, 0.3) is 0 Å². The first-order chi connectivity index (χ1) is 12.7. The van der Waals surface area contributed by atoms with Crippen molar-refractivity contribution < 1.29 is 18.3 Å². The van der Waals surface area contributed by atoms with Crippen LogP contribution in [0.2, 0.25) is 0 Å². The summed E-state index contributed by atoms with van der Waals surface area (Å²) < 4.78 is 37.3. The topological polar surface area (TPSA) is 81.2 Å². The molecule has 7 nitrogen and oxygen atoms in total. The Labute approximate surface area is 147 Å². The molecule has 1 aliphatic rings. The Kier molecular flexibility index (Phi) is 4.18. The first kappa shape index (κ1) is 16.0. The van der Waals surface area contributed by atoms with E-state index >= 15 is 0 Å². The lowest BCUT2D eigenvalue weighted by Gasteiger charge is -2.19. The van der Waals surface area contributed by atoms with Crippen LogP contribution in [0.4, 0.5) is 31.9 Å². The summed E-state index contributed by atoms with van der Waals surface area (Å²) in [7, 11) is 0. The molecule has 0 unspecified atom stereocenters. The van der Waals surface area contributed by atoms with Crippen molar-refractivity contribution >= 4 is 23.1 Å². The van der Waals surface area contributed by atoms with Gasteiger partial charge >= 0.3 is 0 Å². The SMILES string of the molecule is Fc1ccc(Nc2nncc(Nc3ccc4c(c3)OCCO4)n2)cc1F. The lowest BCUT2D eigenvalue weighted by atomic mass is 10.2. The van der Waals surface area contributed by atoms with Crippen molar-refractivity contribution in [2.45, 2.75) is 0 Å². The summed E-state index contributed by atoms with van der Waals surface area (Å²) in [4.78, 5) is 4.24. The van der Waals surface area contributed by atoms with E-state index in [1.807, 2.05) is 6.07 Å². The number of ether oxygens (including phenoxy) is 2. The van der Waals surface area contributed by atoms with Crippen LogP contribution in [-0.4, -0.2) is 28.4 Å². The number of nitrogens with zero attached hydrogens (tertiary/aromatic N) is 3. The van der Waals surface area contributed by atoms with E-state index in [0.717, 1.165) is 17.8 Å². The molecule has 2 N–H and O–H groups in total. The van der Waals surface area contributed by atoms with E-state index in [2.05, 4.69) is 25.8 Å². The van der Waals surface area contributed by atoms with Crippen molar-refractivity contribution in [2.75, 3.05) is 23.8 Å². The van der Waals surface area contributed by atoms with Gasteiger partial charge in [0.05, 0.1) is 6.20 Å². The van der Waals surface area contributed by atoms with Crippen molar-refractivity contribution in [1.82, 2.24) is 15.2 Å². The molecule has 0 fully saturated rings. The fraction of sp³-hybridized carbons (Fsp3) is 0.118. The van der Waals surface area contributed by atoms with E-state index in [1.54, 1.807) is 12.1 Å². The number of nitrogens with one attached hydrogen (secondary N) is 2. The molecular formula is C17H13F2N5O2. The Morgan fingerprint density at radius 2 is 1.62 bits per heavy atom. The van der Waals surface area contributed by atoms with Crippen LogP contribution >= 0.6 is 0 Å². The molecule has 0 saturated heterocycles. The zero-order chi connectivity index (χ0) is 17.9. The zero-order valence-electron chi connectivity index (χ0n) is 13.4. The quantitative estimate of drug-likeness (QED) is 0.740. The average molecular weight is 357 g/mol. The monoisotopic (exact) mass is 357 g/mol. The maximum Gasteiger partial charge on any atom is 0.249 e. The van der Waals surface area contributed by atoms with E-state index in [-0.39, 0.29) is 5.95 Å². The van der Waals surface area contributed by atoms with Crippen LogP contribution in [0.25, 0.3) is 0 Å². The van der Waals surface area contributed by atoms with Crippen molar-refractivity contribution in [2.24, 2.45) is 0 Å². The van der Waals surface area contributed by atoms with Crippen LogP contribution < -0.4 is 20.1 Å². The highest BCUT2D eigenvalue weighted by molar-refractivity contribution is 5.62. The number of anilines is 4. The van der Waals surface area contributed by atoms with E-state index in [9.17, 15) is 8.78 Å². The summed E-state index contributed by atoms with van der Waals surface area (Å²) in [5.41, 5.74) is 1.04. The van der Waals surface area contributed by atoms with Gasteiger partial charge in [0, 0.05) is 23.5 Å². The third kappa shape index (κ3) is 3.46. The second kappa shape index (κ2) is 6.79. The number of hydrogen-bond donors (Lipinski definition) is 2. The van der Waals surface area contributed by atoms with E-state index in [1.165, 1.54) is 12.3 Å². The molecule has 0 radical (unpaired) electrons. The fourth-order valence-electron chi connectivity index (χ4n) is 2.39. The summed E-state index contributed by atoms with van der Waals surface area (Å²) in [6, 6.07) is 8.81. The van der Waals surface area contributed by atoms with Gasteiger partial charge in [0.1, 0.15) is 13.2 Å². The number of fused-ring (bicyclic) bond motifs is 1. The predicted octanol–water partition coefficient (Wildman–Crippen LogP) is 3.41. The molecule has 1 aromatic heterocycles. The van der Waals surface area contributed by atoms with Gasteiger partial charge in [0.15, 0.2) is 29.0 Å². The Bertz CT molecular complexity index is 954. The molecule has 3 aromatic rings. The Hall–Kier alpha value is -3.49. The summed E-state index contributed by atoms with van der Waals surface area (Å²) in [6.45, 7) is 1.02. The third-order valence-corrected chi connectivity index (χ3v) is 3.55. The Balaban J connectivity index is 1.51. The molecule has 1 aliphatic heterocycles. The average Bonchev–Trinajstić information content (AvgIpc) is 2.65. The van der Waals surface area contributed by atoms with E-state index in [0.29, 0.717) is 36.2 Å². The van der Waals surface area contributed by atoms with Crippen LogP contribution in [0.1, 0.15) is 0 Å². The highest BCUT2D eigenvalue weighted by atomic mass is 19.2. The second-order valence-corrected chi connectivity index (χ2v) is 5.40. The number of hydrogen-bond acceptors (Lipinski definition) is 7. The smallest absolute Gasteiger partial charge is 0.249 e. The van der Waals surface area contributed by atoms with Gasteiger partial charge in [-0.2, -0.15) is 10.1 Å². The Morgan fingerprint density at radius 1 is 0.846 bits per heavy atom. The molecule has 2 heterocycles. The third-order valence-electron chi connectivity index (χ3n) is 3.55. The zero-order valence-corrected chi connectivity index (χ0v) is 13.4. The van der Waals surface area contributed by atoms with Crippen LogP contribution in [0.5, 0.6) is 11.5 Å². The predicted molar refractivity (Wildman–Crippen MR) is 90.2 cm³/mol. The normalized spacial score (nSPS) is 12.5. The summed E-state index contributed by atoms with van der Waals surface area (Å²) in [6.07, 6.45) is 1.44. The molecule has 0 spiro atoms. The Morgan fingerprint density at radius 3 is 2.46 bits per heavy atom. The summed E-state index contributed by atoms with van der Waals surface area (Å²) in [5.74, 6) is -0.0100. The van der Waals surface area contributed by atoms with Crippen LogP contribution in [0, 0.1) is 11.6 Å². The highest BCUT2D eigenvalue weighted by Crippen LogP contribution is 2.33. The van der Waals surface area contributed by atoms with Crippen LogP contribution in [0.15, 0.2) is 42.6 Å². The van der Waals surface area contributed by atoms with Crippen molar-refractivity contribution in [3.05, 3.63) is 54.2 Å². The van der Waals surface area contributed by atoms with Crippen molar-refractivity contribution in [3.63, 3.8) is 0 Å². The van der Waals surface area contributed by atoms with Gasteiger partial charge in [-0.25, -0.2) is 8.78 Å². The maximum atomic E-state index is 13.3. The maximum absolute atomic E-state index is 13.3. The minimum Gasteiger partial charge on any atom is -0.486 e. The molecule has 0 atom stereocenters. The number of aromatic nitrogens is 3. The molecule has 0 saturated carbocycles. The van der Waals surface area contributed by atoms with Gasteiger partial charge in [0.2, 0.25) is 5.95 Å². The van der Waals surface area contributed by atoms with Crippen molar-refractivity contribution in [3.8, 4) is 11.5 Å². The molecule has 0 bridgehead atoms. The molecule has 2 aromatic carbocycles. The first-order valence-electron chi connectivity index (χ1n) is 7.76. The van der Waals surface area contributed by atoms with Gasteiger partial charge < -0.3 is 20.1 Å². The van der Waals surface area contributed by atoms with Crippen molar-refractivity contribution in [1.29, 1.82) is 0 Å². The van der Waals surface area contributed by atoms with Gasteiger partial charge in [-0.1, -0.05) is 0 Å². The minimum absolute atomic E-state index is 0.138. The lowest BCUT2D eigenvalue weighted by Crippen LogP contribution is -2.15. The number of halogens is 2. The largest absolute Gasteiger partial charge is 0.486 e. The molecule has 0 aliphatic carbocycles. The molecule has 26 heavy (non-hydrogen) atoms. The molecule has 0 amide bonds. The number of benzene rings is 2. The molecular weight excluding hydrogens is 344 g/mol. The van der Waals surface area contributed by atoms with E-state index in [4.69, 9.17) is 9.47 Å². The fourth-order valence-corrected chi connectivity index (χ4v) is 2.39. The standard InChI is InChI=1S/C17H13F2N5O2/c18-12-3-1-10(7-13(12)19)22-17-23-16(9-20-24-17)21-11-2-4-14-15(8-11)26-6-5-25-14/h1-4,7-9H,5-6H2,(H2,21,22,23,24). The first-order valence-corrected chi connectivity index (χ1v) is 7.76. The van der Waals surface area contributed by atoms with Gasteiger partial charge in [-0.3, -0.25) is 0 Å². The molecule has 4 rings (SSSR count).